The predicted octanol–water partition coefficient (Wildman–Crippen LogP) is 2.32. The van der Waals surface area contributed by atoms with Gasteiger partial charge in [-0.25, -0.2) is 4.79 Å². The van der Waals surface area contributed by atoms with Crippen molar-refractivity contribution < 1.29 is 14.3 Å². The molecule has 0 aromatic heterocycles. The van der Waals surface area contributed by atoms with Crippen LogP contribution < -0.4 is 21.3 Å². The van der Waals surface area contributed by atoms with E-state index in [2.05, 4.69) is 40.1 Å². The van der Waals surface area contributed by atoms with Gasteiger partial charge in [-0.15, -0.1) is 0 Å². The van der Waals surface area contributed by atoms with E-state index in [1.165, 1.54) is 0 Å². The average Bonchev–Trinajstić information content (AvgIpc) is 2.58. The van der Waals surface area contributed by atoms with Crippen LogP contribution in [-0.4, -0.2) is 55.7 Å². The maximum atomic E-state index is 12.6. The molecule has 0 aliphatic carbocycles. The molecule has 1 aliphatic rings. The lowest BCUT2D eigenvalue weighted by Gasteiger charge is -2.29. The molecule has 0 saturated heterocycles. The lowest BCUT2D eigenvalue weighted by Crippen LogP contribution is -2.51. The second-order valence-electron chi connectivity index (χ2n) is 8.86. The first-order valence-electron chi connectivity index (χ1n) is 10.5. The number of carbonyl (C=O) groups excluding carboxylic acids is 2. The van der Waals surface area contributed by atoms with Gasteiger partial charge in [0.2, 0.25) is 5.91 Å². The Bertz CT molecular complexity index is 608. The molecular formula is C21H39N5O3. The van der Waals surface area contributed by atoms with Crippen molar-refractivity contribution in [1.29, 1.82) is 0 Å². The molecule has 8 nitrogen and oxygen atoms in total. The summed E-state index contributed by atoms with van der Waals surface area (Å²) in [5, 5.41) is 12.1. The van der Waals surface area contributed by atoms with Crippen molar-refractivity contribution in [2.45, 2.75) is 78.5 Å². The Morgan fingerprint density at radius 2 is 1.90 bits per heavy atom. The van der Waals surface area contributed by atoms with Crippen molar-refractivity contribution in [3.05, 3.63) is 11.8 Å². The Balaban J connectivity index is 2.83. The third kappa shape index (κ3) is 10.3. The number of amidine groups is 1. The van der Waals surface area contributed by atoms with Crippen LogP contribution in [0.15, 0.2) is 16.8 Å². The third-order valence-corrected chi connectivity index (χ3v) is 4.16. The zero-order chi connectivity index (χ0) is 22.0. The number of hydrogen-bond acceptors (Lipinski definition) is 6. The van der Waals surface area contributed by atoms with Crippen LogP contribution in [-0.2, 0) is 9.53 Å². The first kappa shape index (κ1) is 24.9. The molecule has 1 heterocycles. The number of hydrogen-bond donors (Lipinski definition) is 4. The molecule has 0 aromatic carbocycles. The highest BCUT2D eigenvalue weighted by Crippen LogP contribution is 2.14. The molecular weight excluding hydrogens is 370 g/mol. The molecule has 1 unspecified atom stereocenters. The molecule has 0 bridgehead atoms. The summed E-state index contributed by atoms with van der Waals surface area (Å²) in [5.74, 6) is 0.776. The quantitative estimate of drug-likeness (QED) is 0.415. The summed E-state index contributed by atoms with van der Waals surface area (Å²) in [6, 6.07) is -0.968. The van der Waals surface area contributed by atoms with Gasteiger partial charge in [-0.05, 0) is 72.5 Å². The summed E-state index contributed by atoms with van der Waals surface area (Å²) >= 11 is 0. The van der Waals surface area contributed by atoms with Crippen LogP contribution in [0.3, 0.4) is 0 Å². The highest BCUT2D eigenvalue weighted by Gasteiger charge is 2.28. The van der Waals surface area contributed by atoms with E-state index in [1.54, 1.807) is 6.08 Å². The predicted molar refractivity (Wildman–Crippen MR) is 117 cm³/mol. The SMILES string of the molecule is CNCCCCNC(=O)C1C=C(C)NC([C@H](CC(C)C)NC(=O)OC(C)(C)C)=N1. The molecule has 166 valence electrons. The van der Waals surface area contributed by atoms with Crippen LogP contribution in [0.1, 0.15) is 60.8 Å². The van der Waals surface area contributed by atoms with Crippen molar-refractivity contribution in [3.63, 3.8) is 0 Å². The van der Waals surface area contributed by atoms with E-state index in [4.69, 9.17) is 4.74 Å². The van der Waals surface area contributed by atoms with Gasteiger partial charge < -0.3 is 26.0 Å². The smallest absolute Gasteiger partial charge is 0.408 e. The minimum atomic E-state index is -0.606. The molecule has 2 amide bonds. The minimum Gasteiger partial charge on any atom is -0.444 e. The number of rotatable bonds is 10. The molecule has 4 N–H and O–H groups in total. The highest BCUT2D eigenvalue weighted by atomic mass is 16.6. The molecule has 8 heteroatoms. The summed E-state index contributed by atoms with van der Waals surface area (Å²) < 4.78 is 5.40. The Hall–Kier alpha value is -2.09. The second kappa shape index (κ2) is 11.8. The van der Waals surface area contributed by atoms with Gasteiger partial charge in [0.1, 0.15) is 11.4 Å². The molecule has 2 atom stereocenters. The monoisotopic (exact) mass is 409 g/mol. The molecule has 1 aliphatic heterocycles. The summed E-state index contributed by atoms with van der Waals surface area (Å²) in [4.78, 5) is 29.4. The van der Waals surface area contributed by atoms with Gasteiger partial charge in [-0.1, -0.05) is 13.8 Å². The fourth-order valence-electron chi connectivity index (χ4n) is 2.91. The van der Waals surface area contributed by atoms with Gasteiger partial charge in [-0.3, -0.25) is 9.79 Å². The van der Waals surface area contributed by atoms with Crippen LogP contribution in [0.4, 0.5) is 4.79 Å². The zero-order valence-corrected chi connectivity index (χ0v) is 19.0. The maximum Gasteiger partial charge on any atom is 0.408 e. The highest BCUT2D eigenvalue weighted by molar-refractivity contribution is 5.96. The van der Waals surface area contributed by atoms with Crippen molar-refractivity contribution in [2.75, 3.05) is 20.1 Å². The molecule has 29 heavy (non-hydrogen) atoms. The van der Waals surface area contributed by atoms with Gasteiger partial charge in [-0.2, -0.15) is 0 Å². The molecule has 1 rings (SSSR count). The lowest BCUT2D eigenvalue weighted by molar-refractivity contribution is -0.121. The molecule has 0 fully saturated rings. The van der Waals surface area contributed by atoms with Crippen LogP contribution in [0.5, 0.6) is 0 Å². The number of ether oxygens (including phenoxy) is 1. The topological polar surface area (TPSA) is 104 Å². The Morgan fingerprint density at radius 1 is 1.24 bits per heavy atom. The molecule has 0 aromatic rings. The second-order valence-corrected chi connectivity index (χ2v) is 8.86. The number of nitrogens with zero attached hydrogens (tertiary/aromatic N) is 1. The normalized spacial score (nSPS) is 17.7. The fraction of sp³-hybridized carbons (Fsp3) is 0.762. The van der Waals surface area contributed by atoms with Gasteiger partial charge in [0.25, 0.3) is 0 Å². The van der Waals surface area contributed by atoms with Crippen molar-refractivity contribution in [3.8, 4) is 0 Å². The number of nitrogens with one attached hydrogen (secondary N) is 4. The number of alkyl carbamates (subject to hydrolysis) is 1. The summed E-state index contributed by atoms with van der Waals surface area (Å²) in [7, 11) is 1.91. The fourth-order valence-corrected chi connectivity index (χ4v) is 2.91. The summed E-state index contributed by atoms with van der Waals surface area (Å²) in [6.07, 6.45) is 3.89. The number of carbonyl (C=O) groups is 2. The van der Waals surface area contributed by atoms with Gasteiger partial charge >= 0.3 is 6.09 Å². The van der Waals surface area contributed by atoms with Gasteiger partial charge in [0.15, 0.2) is 6.04 Å². The number of aliphatic imine (C=N–C) groups is 1. The van der Waals surface area contributed by atoms with Crippen LogP contribution in [0.25, 0.3) is 0 Å². The molecule has 0 saturated carbocycles. The molecule has 0 radical (unpaired) electrons. The van der Waals surface area contributed by atoms with Crippen molar-refractivity contribution in [1.82, 2.24) is 21.3 Å². The van der Waals surface area contributed by atoms with Crippen molar-refractivity contribution in [2.24, 2.45) is 10.9 Å². The van der Waals surface area contributed by atoms with E-state index in [1.807, 2.05) is 34.7 Å². The number of allylic oxidation sites excluding steroid dienone is 1. The Kier molecular flexibility index (Phi) is 10.2. The van der Waals surface area contributed by atoms with Crippen LogP contribution in [0, 0.1) is 5.92 Å². The number of unbranched alkanes of at least 4 members (excludes halogenated alkanes) is 1. The lowest BCUT2D eigenvalue weighted by atomic mass is 10.0. The average molecular weight is 410 g/mol. The van der Waals surface area contributed by atoms with E-state index < -0.39 is 17.7 Å². The largest absolute Gasteiger partial charge is 0.444 e. The van der Waals surface area contributed by atoms with E-state index in [0.29, 0.717) is 24.7 Å². The zero-order valence-electron chi connectivity index (χ0n) is 19.0. The number of amides is 2. The molecule has 0 spiro atoms. The van der Waals surface area contributed by atoms with E-state index in [-0.39, 0.29) is 11.9 Å². The summed E-state index contributed by atoms with van der Waals surface area (Å²) in [6.45, 7) is 13.1. The van der Waals surface area contributed by atoms with E-state index in [0.717, 1.165) is 25.1 Å². The van der Waals surface area contributed by atoms with Crippen LogP contribution >= 0.6 is 0 Å². The van der Waals surface area contributed by atoms with E-state index >= 15 is 0 Å². The Morgan fingerprint density at radius 3 is 2.48 bits per heavy atom. The van der Waals surface area contributed by atoms with Gasteiger partial charge in [0, 0.05) is 12.2 Å². The first-order chi connectivity index (χ1) is 13.5. The minimum absolute atomic E-state index is 0.131. The summed E-state index contributed by atoms with van der Waals surface area (Å²) in [5.41, 5.74) is 0.255. The van der Waals surface area contributed by atoms with E-state index in [9.17, 15) is 9.59 Å². The standard InChI is InChI=1S/C21H39N5O3/c1-14(2)12-16(26-20(28)29-21(4,5)6)18-24-15(3)13-17(25-18)19(27)23-11-9-8-10-22-7/h13-14,16-17,22H,8-12H2,1-7H3,(H,23,27)(H,24,25)(H,26,28)/t16-,17?/m0/s1. The first-order valence-corrected chi connectivity index (χ1v) is 10.5. The third-order valence-electron chi connectivity index (χ3n) is 4.16. The van der Waals surface area contributed by atoms with Crippen LogP contribution in [0.2, 0.25) is 0 Å². The van der Waals surface area contributed by atoms with Gasteiger partial charge in [0.05, 0.1) is 6.04 Å². The van der Waals surface area contributed by atoms with Crippen molar-refractivity contribution >= 4 is 17.8 Å². The Labute approximate surface area is 175 Å². The maximum absolute atomic E-state index is 12.6.